The number of rotatable bonds is 5. The van der Waals surface area contributed by atoms with E-state index in [0.29, 0.717) is 11.4 Å². The van der Waals surface area contributed by atoms with Crippen LogP contribution in [0.15, 0.2) is 24.3 Å². The van der Waals surface area contributed by atoms with Gasteiger partial charge < -0.3 is 15.8 Å². The first-order valence-corrected chi connectivity index (χ1v) is 6.29. The molecule has 9 heteroatoms. The molecule has 2 rings (SSSR count). The van der Waals surface area contributed by atoms with Gasteiger partial charge in [-0.1, -0.05) is 0 Å². The second-order valence-corrected chi connectivity index (χ2v) is 4.76. The lowest BCUT2D eigenvalue weighted by Gasteiger charge is -2.11. The first kappa shape index (κ1) is 18.1. The normalized spacial score (nSPS) is 19.1. The van der Waals surface area contributed by atoms with E-state index < -0.39 is 36.7 Å². The Hall–Kier alpha value is -1.93. The molecule has 0 bridgehead atoms. The second-order valence-electron chi connectivity index (χ2n) is 4.76. The van der Waals surface area contributed by atoms with E-state index in [4.69, 9.17) is 10.5 Å². The highest BCUT2D eigenvalue weighted by Crippen LogP contribution is 2.26. The summed E-state index contributed by atoms with van der Waals surface area (Å²) in [5.41, 5.74) is 5.39. The maximum atomic E-state index is 13.0. The van der Waals surface area contributed by atoms with E-state index in [-0.39, 0.29) is 19.0 Å². The standard InChI is InChI=1S/C13H15F2N3O3.ClH/c14-13(15)5-10(17-7-13)12(20)18-8-1-3-9(4-2-8)21-6-11(16)19;/h1-4,10,17H,5-7H2,(H2,16,19)(H,18,20);1H. The first-order chi connectivity index (χ1) is 9.85. The SMILES string of the molecule is Cl.NC(=O)COc1ccc(NC(=O)C2CC(F)(F)CN2)cc1. The molecule has 1 aliphatic heterocycles. The number of benzene rings is 1. The summed E-state index contributed by atoms with van der Waals surface area (Å²) in [4.78, 5) is 22.4. The van der Waals surface area contributed by atoms with Crippen LogP contribution in [0.3, 0.4) is 0 Å². The summed E-state index contributed by atoms with van der Waals surface area (Å²) in [5.74, 6) is -3.55. The number of anilines is 1. The Labute approximate surface area is 131 Å². The van der Waals surface area contributed by atoms with Crippen LogP contribution in [0.25, 0.3) is 0 Å². The van der Waals surface area contributed by atoms with Crippen LogP contribution in [0.5, 0.6) is 5.75 Å². The lowest BCUT2D eigenvalue weighted by atomic mass is 10.2. The van der Waals surface area contributed by atoms with Gasteiger partial charge in [-0.05, 0) is 24.3 Å². The molecule has 2 amide bonds. The number of alkyl halides is 2. The Kier molecular flexibility index (Phi) is 6.07. The number of carbonyl (C=O) groups is 2. The molecular formula is C13H16ClF2N3O3. The van der Waals surface area contributed by atoms with Gasteiger partial charge in [0.1, 0.15) is 5.75 Å². The fourth-order valence-corrected chi connectivity index (χ4v) is 1.92. The van der Waals surface area contributed by atoms with Crippen molar-refractivity contribution in [1.82, 2.24) is 5.32 Å². The Morgan fingerprint density at radius 1 is 1.36 bits per heavy atom. The van der Waals surface area contributed by atoms with Crippen molar-refractivity contribution in [2.24, 2.45) is 5.73 Å². The third kappa shape index (κ3) is 5.12. The molecule has 1 aliphatic rings. The van der Waals surface area contributed by atoms with Crippen molar-refractivity contribution in [3.8, 4) is 5.75 Å². The van der Waals surface area contributed by atoms with Crippen molar-refractivity contribution >= 4 is 29.9 Å². The van der Waals surface area contributed by atoms with Crippen LogP contribution in [0.2, 0.25) is 0 Å². The minimum absolute atomic E-state index is 0. The van der Waals surface area contributed by atoms with Crippen LogP contribution in [-0.4, -0.2) is 36.9 Å². The van der Waals surface area contributed by atoms with Gasteiger partial charge in [-0.15, -0.1) is 12.4 Å². The number of ether oxygens (including phenoxy) is 1. The van der Waals surface area contributed by atoms with Crippen LogP contribution >= 0.6 is 12.4 Å². The summed E-state index contributed by atoms with van der Waals surface area (Å²) < 4.78 is 31.1. The number of hydrogen-bond donors (Lipinski definition) is 3. The maximum Gasteiger partial charge on any atom is 0.262 e. The average molecular weight is 336 g/mol. The molecule has 0 saturated carbocycles. The molecule has 4 N–H and O–H groups in total. The molecule has 122 valence electrons. The van der Waals surface area contributed by atoms with Gasteiger partial charge in [-0.3, -0.25) is 14.9 Å². The molecule has 6 nitrogen and oxygen atoms in total. The van der Waals surface area contributed by atoms with E-state index in [1.807, 2.05) is 0 Å². The molecule has 1 saturated heterocycles. The Morgan fingerprint density at radius 2 is 2.00 bits per heavy atom. The third-order valence-corrected chi connectivity index (χ3v) is 2.93. The van der Waals surface area contributed by atoms with Crippen molar-refractivity contribution in [1.29, 1.82) is 0 Å². The molecule has 1 heterocycles. The molecule has 1 unspecified atom stereocenters. The summed E-state index contributed by atoms with van der Waals surface area (Å²) in [7, 11) is 0. The first-order valence-electron chi connectivity index (χ1n) is 6.29. The largest absolute Gasteiger partial charge is 0.484 e. The number of halogens is 3. The van der Waals surface area contributed by atoms with Gasteiger partial charge in [0, 0.05) is 12.1 Å². The van der Waals surface area contributed by atoms with Gasteiger partial charge in [-0.25, -0.2) is 8.78 Å². The molecule has 1 fully saturated rings. The molecule has 0 radical (unpaired) electrons. The highest BCUT2D eigenvalue weighted by atomic mass is 35.5. The summed E-state index contributed by atoms with van der Waals surface area (Å²) >= 11 is 0. The van der Waals surface area contributed by atoms with E-state index in [1.165, 1.54) is 12.1 Å². The number of nitrogens with one attached hydrogen (secondary N) is 2. The van der Waals surface area contributed by atoms with Crippen molar-refractivity contribution in [2.75, 3.05) is 18.5 Å². The van der Waals surface area contributed by atoms with Gasteiger partial charge in [0.15, 0.2) is 6.61 Å². The van der Waals surface area contributed by atoms with Gasteiger partial charge in [0.05, 0.1) is 12.6 Å². The Morgan fingerprint density at radius 3 is 2.50 bits per heavy atom. The number of nitrogens with two attached hydrogens (primary N) is 1. The lowest BCUT2D eigenvalue weighted by molar-refractivity contribution is -0.120. The van der Waals surface area contributed by atoms with E-state index in [9.17, 15) is 18.4 Å². The fourth-order valence-electron chi connectivity index (χ4n) is 1.92. The monoisotopic (exact) mass is 335 g/mol. The van der Waals surface area contributed by atoms with Gasteiger partial charge in [-0.2, -0.15) is 0 Å². The third-order valence-electron chi connectivity index (χ3n) is 2.93. The van der Waals surface area contributed by atoms with Crippen molar-refractivity contribution in [3.05, 3.63) is 24.3 Å². The Bertz CT molecular complexity index is 540. The van der Waals surface area contributed by atoms with Crippen LogP contribution in [-0.2, 0) is 9.59 Å². The molecular weight excluding hydrogens is 320 g/mol. The molecule has 0 aromatic heterocycles. The molecule has 0 spiro atoms. The highest BCUT2D eigenvalue weighted by Gasteiger charge is 2.42. The molecule has 1 atom stereocenters. The zero-order valence-corrected chi connectivity index (χ0v) is 12.3. The zero-order valence-electron chi connectivity index (χ0n) is 11.5. The summed E-state index contributed by atoms with van der Waals surface area (Å²) in [6, 6.07) is 5.25. The average Bonchev–Trinajstić information content (AvgIpc) is 2.78. The number of hydrogen-bond acceptors (Lipinski definition) is 4. The van der Waals surface area contributed by atoms with Crippen LogP contribution in [0.4, 0.5) is 14.5 Å². The minimum atomic E-state index is -2.85. The molecule has 0 aliphatic carbocycles. The van der Waals surface area contributed by atoms with E-state index in [1.54, 1.807) is 12.1 Å². The van der Waals surface area contributed by atoms with Crippen molar-refractivity contribution < 1.29 is 23.1 Å². The van der Waals surface area contributed by atoms with Crippen molar-refractivity contribution in [3.63, 3.8) is 0 Å². The molecule has 22 heavy (non-hydrogen) atoms. The number of primary amides is 1. The predicted octanol–water partition coefficient (Wildman–Crippen LogP) is 0.908. The Balaban J connectivity index is 0.00000242. The van der Waals surface area contributed by atoms with Crippen LogP contribution in [0, 0.1) is 0 Å². The maximum absolute atomic E-state index is 13.0. The summed E-state index contributed by atoms with van der Waals surface area (Å²) in [6.07, 6.45) is -0.515. The fraction of sp³-hybridized carbons (Fsp3) is 0.385. The van der Waals surface area contributed by atoms with Gasteiger partial charge in [0.25, 0.3) is 11.8 Å². The molecule has 1 aromatic carbocycles. The lowest BCUT2D eigenvalue weighted by Crippen LogP contribution is -2.35. The number of amides is 2. The van der Waals surface area contributed by atoms with Crippen LogP contribution in [0.1, 0.15) is 6.42 Å². The number of carbonyl (C=O) groups excluding carboxylic acids is 2. The smallest absolute Gasteiger partial charge is 0.262 e. The highest BCUT2D eigenvalue weighted by molar-refractivity contribution is 5.95. The summed E-state index contributed by atoms with van der Waals surface area (Å²) in [6.45, 7) is -0.738. The minimum Gasteiger partial charge on any atom is -0.484 e. The van der Waals surface area contributed by atoms with E-state index >= 15 is 0 Å². The van der Waals surface area contributed by atoms with Crippen molar-refractivity contribution in [2.45, 2.75) is 18.4 Å². The van der Waals surface area contributed by atoms with Gasteiger partial charge >= 0.3 is 0 Å². The molecule has 1 aromatic rings. The topological polar surface area (TPSA) is 93.5 Å². The predicted molar refractivity (Wildman–Crippen MR) is 78.4 cm³/mol. The van der Waals surface area contributed by atoms with Gasteiger partial charge in [0.2, 0.25) is 5.91 Å². The van der Waals surface area contributed by atoms with E-state index in [0.717, 1.165) is 0 Å². The summed E-state index contributed by atoms with van der Waals surface area (Å²) in [5, 5.41) is 5.00. The second kappa shape index (κ2) is 7.37. The van der Waals surface area contributed by atoms with Crippen LogP contribution < -0.4 is 21.1 Å². The zero-order chi connectivity index (χ0) is 15.5. The van der Waals surface area contributed by atoms with E-state index in [2.05, 4.69) is 10.6 Å². The quantitative estimate of drug-likeness (QED) is 0.745.